The number of fused-ring (bicyclic) bond motifs is 5. The molecule has 1 heteroatoms. The summed E-state index contributed by atoms with van der Waals surface area (Å²) in [6.45, 7) is 2.18. The summed E-state index contributed by atoms with van der Waals surface area (Å²) in [4.78, 5) is 0. The van der Waals surface area contributed by atoms with Crippen LogP contribution in [0.5, 0.6) is 0 Å². The average molecular weight is 246 g/mol. The molecule has 0 amide bonds. The molecule has 0 N–H and O–H groups in total. The van der Waals surface area contributed by atoms with E-state index in [1.54, 1.807) is 0 Å². The van der Waals surface area contributed by atoms with Crippen molar-refractivity contribution >= 4 is 33.9 Å². The van der Waals surface area contributed by atoms with Crippen molar-refractivity contribution in [3.8, 4) is 0 Å². The average Bonchev–Trinajstić information content (AvgIpc) is 2.71. The van der Waals surface area contributed by atoms with E-state index in [1.807, 2.05) is 0 Å². The summed E-state index contributed by atoms with van der Waals surface area (Å²) in [5, 5.41) is 3.60. The second-order valence-electron chi connectivity index (χ2n) is 5.12. The zero-order chi connectivity index (χ0) is 12.8. The highest BCUT2D eigenvalue weighted by Crippen LogP contribution is 2.35. The van der Waals surface area contributed by atoms with Gasteiger partial charge in [-0.15, -0.1) is 0 Å². The monoisotopic (exact) mass is 246 g/mol. The Morgan fingerprint density at radius 2 is 1.74 bits per heavy atom. The molecule has 1 aliphatic carbocycles. The van der Waals surface area contributed by atoms with Crippen LogP contribution in [-0.4, -0.2) is 0 Å². The quantitative estimate of drug-likeness (QED) is 0.527. The molecule has 0 radical (unpaired) electrons. The van der Waals surface area contributed by atoms with Crippen molar-refractivity contribution in [3.63, 3.8) is 0 Å². The van der Waals surface area contributed by atoms with Crippen LogP contribution in [0.1, 0.15) is 18.2 Å². The molecule has 4 rings (SSSR count). The van der Waals surface area contributed by atoms with Crippen molar-refractivity contribution in [1.29, 1.82) is 0 Å². The molecule has 1 nitrogen and oxygen atoms in total. The predicted octanol–water partition coefficient (Wildman–Crippen LogP) is 5.26. The normalized spacial score (nSPS) is 17.8. The number of furan rings is 1. The zero-order valence-corrected chi connectivity index (χ0v) is 10.8. The van der Waals surface area contributed by atoms with Gasteiger partial charge in [0.15, 0.2) is 0 Å². The fourth-order valence-electron chi connectivity index (χ4n) is 2.71. The Morgan fingerprint density at radius 1 is 0.895 bits per heavy atom. The molecule has 92 valence electrons. The Kier molecular flexibility index (Phi) is 2.16. The van der Waals surface area contributed by atoms with Gasteiger partial charge < -0.3 is 4.42 Å². The number of hydrogen-bond donors (Lipinski definition) is 0. The minimum Gasteiger partial charge on any atom is -0.455 e. The highest BCUT2D eigenvalue weighted by molar-refractivity contribution is 6.08. The van der Waals surface area contributed by atoms with E-state index in [2.05, 4.69) is 67.6 Å². The van der Waals surface area contributed by atoms with Gasteiger partial charge >= 0.3 is 0 Å². The summed E-state index contributed by atoms with van der Waals surface area (Å²) in [6, 6.07) is 12.7. The molecule has 1 aliphatic rings. The zero-order valence-electron chi connectivity index (χ0n) is 10.8. The molecular formula is C18H14O. The first-order valence-corrected chi connectivity index (χ1v) is 6.63. The van der Waals surface area contributed by atoms with Crippen LogP contribution < -0.4 is 0 Å². The van der Waals surface area contributed by atoms with Gasteiger partial charge in [0, 0.05) is 16.3 Å². The van der Waals surface area contributed by atoms with Crippen molar-refractivity contribution in [2.24, 2.45) is 5.92 Å². The lowest BCUT2D eigenvalue weighted by Crippen LogP contribution is -1.78. The van der Waals surface area contributed by atoms with E-state index in [1.165, 1.54) is 21.7 Å². The van der Waals surface area contributed by atoms with E-state index < -0.39 is 0 Å². The predicted molar refractivity (Wildman–Crippen MR) is 81.0 cm³/mol. The molecule has 0 spiro atoms. The third-order valence-corrected chi connectivity index (χ3v) is 3.76. The van der Waals surface area contributed by atoms with Crippen LogP contribution >= 0.6 is 0 Å². The molecule has 1 unspecified atom stereocenters. The summed E-state index contributed by atoms with van der Waals surface area (Å²) in [6.07, 6.45) is 8.66. The molecule has 2 aromatic carbocycles. The molecule has 19 heavy (non-hydrogen) atoms. The first kappa shape index (κ1) is 10.6. The van der Waals surface area contributed by atoms with E-state index in [9.17, 15) is 0 Å². The molecule has 0 fully saturated rings. The van der Waals surface area contributed by atoms with Gasteiger partial charge in [-0.05, 0) is 23.4 Å². The van der Waals surface area contributed by atoms with Crippen molar-refractivity contribution < 1.29 is 4.42 Å². The van der Waals surface area contributed by atoms with Gasteiger partial charge in [-0.3, -0.25) is 0 Å². The van der Waals surface area contributed by atoms with E-state index >= 15 is 0 Å². The summed E-state index contributed by atoms with van der Waals surface area (Å²) < 4.78 is 6.09. The minimum absolute atomic E-state index is 0.457. The first-order chi connectivity index (χ1) is 9.33. The summed E-state index contributed by atoms with van der Waals surface area (Å²) in [7, 11) is 0. The molecule has 1 heterocycles. The minimum atomic E-state index is 0.457. The van der Waals surface area contributed by atoms with Crippen molar-refractivity contribution in [2.45, 2.75) is 6.92 Å². The second-order valence-corrected chi connectivity index (χ2v) is 5.12. The van der Waals surface area contributed by atoms with Crippen LogP contribution in [0.3, 0.4) is 0 Å². The summed E-state index contributed by atoms with van der Waals surface area (Å²) in [5.41, 5.74) is 2.19. The molecule has 0 saturated carbocycles. The molecule has 3 aromatic rings. The van der Waals surface area contributed by atoms with Crippen LogP contribution in [0, 0.1) is 5.92 Å². The van der Waals surface area contributed by atoms with E-state index in [-0.39, 0.29) is 0 Å². The highest BCUT2D eigenvalue weighted by Gasteiger charge is 2.14. The summed E-state index contributed by atoms with van der Waals surface area (Å²) in [5.74, 6) is 1.42. The first-order valence-electron chi connectivity index (χ1n) is 6.63. The van der Waals surface area contributed by atoms with Crippen molar-refractivity contribution in [3.05, 3.63) is 59.9 Å². The maximum atomic E-state index is 6.09. The van der Waals surface area contributed by atoms with Gasteiger partial charge in [-0.25, -0.2) is 0 Å². The Balaban J connectivity index is 2.12. The molecule has 0 saturated heterocycles. The van der Waals surface area contributed by atoms with Crippen molar-refractivity contribution in [2.75, 3.05) is 0 Å². The highest BCUT2D eigenvalue weighted by atomic mass is 16.3. The lowest BCUT2D eigenvalue weighted by Gasteiger charge is -1.98. The maximum Gasteiger partial charge on any atom is 0.143 e. The van der Waals surface area contributed by atoms with Gasteiger partial charge in [-0.1, -0.05) is 55.5 Å². The smallest absolute Gasteiger partial charge is 0.143 e. The Hall–Kier alpha value is -2.28. The Labute approximate surface area is 111 Å². The van der Waals surface area contributed by atoms with Crippen LogP contribution in [0.2, 0.25) is 0 Å². The third kappa shape index (κ3) is 1.55. The lowest BCUT2D eigenvalue weighted by molar-refractivity contribution is 0.606. The molecule has 1 atom stereocenters. The summed E-state index contributed by atoms with van der Waals surface area (Å²) >= 11 is 0. The molecule has 0 aliphatic heterocycles. The topological polar surface area (TPSA) is 13.1 Å². The number of hydrogen-bond acceptors (Lipinski definition) is 1. The number of allylic oxidation sites excluding steroid dienone is 2. The molecular weight excluding hydrogens is 232 g/mol. The van der Waals surface area contributed by atoms with Gasteiger partial charge in [0.25, 0.3) is 0 Å². The fourth-order valence-corrected chi connectivity index (χ4v) is 2.71. The third-order valence-electron chi connectivity index (χ3n) is 3.76. The van der Waals surface area contributed by atoms with Crippen molar-refractivity contribution in [1.82, 2.24) is 0 Å². The second kappa shape index (κ2) is 3.86. The van der Waals surface area contributed by atoms with Crippen LogP contribution in [0.25, 0.3) is 33.9 Å². The van der Waals surface area contributed by atoms with Gasteiger partial charge in [-0.2, -0.15) is 0 Å². The van der Waals surface area contributed by atoms with Crippen LogP contribution in [-0.2, 0) is 0 Å². The Bertz CT molecular complexity index is 833. The van der Waals surface area contributed by atoms with Crippen LogP contribution in [0.15, 0.2) is 53.0 Å². The van der Waals surface area contributed by atoms with Gasteiger partial charge in [0.1, 0.15) is 11.3 Å². The molecule has 0 bridgehead atoms. The lowest BCUT2D eigenvalue weighted by atomic mass is 10.0. The largest absolute Gasteiger partial charge is 0.455 e. The Morgan fingerprint density at radius 3 is 2.68 bits per heavy atom. The molecule has 1 aromatic heterocycles. The van der Waals surface area contributed by atoms with E-state index in [4.69, 9.17) is 4.42 Å². The van der Waals surface area contributed by atoms with Gasteiger partial charge in [0.05, 0.1) is 0 Å². The van der Waals surface area contributed by atoms with E-state index in [0.29, 0.717) is 5.92 Å². The van der Waals surface area contributed by atoms with Crippen LogP contribution in [0.4, 0.5) is 0 Å². The number of benzene rings is 2. The standard InChI is InChI=1S/C18H14O/c1-12-6-9-15-16-10-8-13-4-2-3-5-14(13)18(16)19-17(15)11-7-12/h2-12H,1H3. The SMILES string of the molecule is CC1C=Cc2oc3c(ccc4ccccc43)c2C=C1. The maximum absolute atomic E-state index is 6.09. The van der Waals surface area contributed by atoms with Gasteiger partial charge in [0.2, 0.25) is 0 Å². The fraction of sp³-hybridized carbons (Fsp3) is 0.111. The van der Waals surface area contributed by atoms with E-state index in [0.717, 1.165) is 11.3 Å². The number of rotatable bonds is 0.